The zero-order valence-electron chi connectivity index (χ0n) is 16.7. The Kier molecular flexibility index (Phi) is 73.4. The van der Waals surface area contributed by atoms with Crippen molar-refractivity contribution in [2.24, 2.45) is 0 Å². The normalized spacial score (nSPS) is 8.29. The third kappa shape index (κ3) is 502. The maximum Gasteiger partial charge on any atom is 3.00 e. The Labute approximate surface area is 256 Å². The standard InChI is InChI=1S/2Al.2Ca.2Na.3H2O4S.6H/c;;;;;;3*1-5(2,3)4;;;;;;/h;;;;;;3*(H2,1,2,3,4);;;;;;/q2*+3;2*+2;2*+1;;;;6*-1/p-6. The van der Waals surface area contributed by atoms with E-state index in [9.17, 15) is 0 Å². The van der Waals surface area contributed by atoms with Gasteiger partial charge >= 0.3 is 169 Å². The molecule has 0 rings (SSSR count). The molecule has 0 aromatic heterocycles. The Morgan fingerprint density at radius 3 is 0.476 bits per heavy atom. The first kappa shape index (κ1) is 56.2. The summed E-state index contributed by atoms with van der Waals surface area (Å²) in [6.07, 6.45) is 0. The third-order valence-electron chi connectivity index (χ3n) is 0. The molecule has 21 heteroatoms. The molecule has 0 aromatic carbocycles. The van der Waals surface area contributed by atoms with Gasteiger partial charge in [-0.15, -0.1) is 0 Å². The molecule has 0 spiro atoms. The van der Waals surface area contributed by atoms with E-state index in [1.54, 1.807) is 0 Å². The van der Waals surface area contributed by atoms with Gasteiger partial charge in [-0.2, -0.15) is 0 Å². The van der Waals surface area contributed by atoms with Crippen LogP contribution in [-0.2, 0) is 31.2 Å². The van der Waals surface area contributed by atoms with E-state index in [1.165, 1.54) is 0 Å². The summed E-state index contributed by atoms with van der Waals surface area (Å²) in [6, 6.07) is 0. The van der Waals surface area contributed by atoms with Crippen LogP contribution in [0.2, 0.25) is 0 Å². The monoisotopic (exact) mass is 474 g/mol. The van der Waals surface area contributed by atoms with Gasteiger partial charge in [0.15, 0.2) is 0 Å². The van der Waals surface area contributed by atoms with Gasteiger partial charge in [0, 0.05) is 31.2 Å². The zero-order valence-corrected chi connectivity index (χ0v) is 23.9. The summed E-state index contributed by atoms with van der Waals surface area (Å²) < 4.78 is 102. The predicted octanol–water partition coefficient (Wildman–Crippen LogP) is -10.9. The molecule has 0 fully saturated rings. The zero-order chi connectivity index (χ0) is 13.5. The van der Waals surface area contributed by atoms with Crippen LogP contribution in [0.4, 0.5) is 0 Å². The Hall–Kier alpha value is 5.19. The first-order valence-electron chi connectivity index (χ1n) is 2.00. The fourth-order valence-corrected chi connectivity index (χ4v) is 0. The quantitative estimate of drug-likeness (QED) is 0.180. The minimum atomic E-state index is -5.17. The van der Waals surface area contributed by atoms with Crippen LogP contribution in [0.15, 0.2) is 0 Å². The first-order valence-corrected chi connectivity index (χ1v) is 6.00. The second-order valence-electron chi connectivity index (χ2n) is 1.22. The third-order valence-corrected chi connectivity index (χ3v) is 0. The van der Waals surface area contributed by atoms with Crippen LogP contribution in [0.1, 0.15) is 8.56 Å². The Bertz CT molecular complexity index is 380. The van der Waals surface area contributed by atoms with E-state index in [0.717, 1.165) is 0 Å². The van der Waals surface area contributed by atoms with E-state index in [2.05, 4.69) is 0 Å². The average molecular weight is 474 g/mol. The van der Waals surface area contributed by atoms with Crippen molar-refractivity contribution in [3.8, 4) is 0 Å². The van der Waals surface area contributed by atoms with Gasteiger partial charge in [-0.3, -0.25) is 25.3 Å². The van der Waals surface area contributed by atoms with E-state index in [4.69, 9.17) is 52.6 Å². The molecule has 21 heavy (non-hydrogen) atoms. The summed E-state index contributed by atoms with van der Waals surface area (Å²) in [6.45, 7) is 0. The molecule has 0 atom stereocenters. The molecular formula is H6Al2Ca2Na2O12S3. The van der Waals surface area contributed by atoms with Gasteiger partial charge < -0.3 is 35.9 Å². The molecule has 0 aromatic rings. The second-order valence-corrected chi connectivity index (χ2v) is 3.67. The summed E-state index contributed by atoms with van der Waals surface area (Å²) in [5, 5.41) is 0. The van der Waals surface area contributed by atoms with E-state index in [1.807, 2.05) is 0 Å². The maximum atomic E-state index is 8.52. The molecule has 0 N–H and O–H groups in total. The molecule has 0 aliphatic heterocycles. The topological polar surface area (TPSA) is 241 Å². The number of hydrogen-bond donors (Lipinski definition) is 0. The summed E-state index contributed by atoms with van der Waals surface area (Å²) in [5.74, 6) is 0. The Balaban J connectivity index is -0.00000000503. The number of hydrogen-bond acceptors (Lipinski definition) is 12. The largest absolute Gasteiger partial charge is 3.00 e. The van der Waals surface area contributed by atoms with Gasteiger partial charge in [0.05, 0.1) is 0 Å². The second kappa shape index (κ2) is 27.4. The van der Waals surface area contributed by atoms with Crippen molar-refractivity contribution in [2.75, 3.05) is 0 Å². The number of rotatable bonds is 0. The summed E-state index contributed by atoms with van der Waals surface area (Å²) in [7, 11) is -15.5. The van der Waals surface area contributed by atoms with Gasteiger partial charge in [-0.1, -0.05) is 0 Å². The minimum Gasteiger partial charge on any atom is -1.00 e. The SMILES string of the molecule is O=S(=O)([O-])[O-].O=S(=O)([O-])[O-].O=S(=O)([O-])[O-].[Al+3].[Al+3].[Ca+2].[Ca+2].[H-].[H-].[H-].[H-].[H-].[H-].[Na+].[Na+]. The molecular weight excluding hydrogens is 468 g/mol. The van der Waals surface area contributed by atoms with E-state index in [0.29, 0.717) is 0 Å². The van der Waals surface area contributed by atoms with Crippen molar-refractivity contribution in [1.29, 1.82) is 0 Å². The van der Waals surface area contributed by atoms with Crippen LogP contribution >= 0.6 is 0 Å². The van der Waals surface area contributed by atoms with Gasteiger partial charge in [0.1, 0.15) is 0 Å². The van der Waals surface area contributed by atoms with Crippen molar-refractivity contribution in [2.45, 2.75) is 0 Å². The van der Waals surface area contributed by atoms with Crippen LogP contribution < -0.4 is 59.1 Å². The van der Waals surface area contributed by atoms with Gasteiger partial charge in [-0.25, -0.2) is 0 Å². The molecule has 0 unspecified atom stereocenters. The molecule has 0 aliphatic carbocycles. The van der Waals surface area contributed by atoms with Crippen LogP contribution in [0.3, 0.4) is 0 Å². The first-order chi connectivity index (χ1) is 6.00. The molecule has 0 saturated carbocycles. The van der Waals surface area contributed by atoms with Crippen LogP contribution in [0.25, 0.3) is 0 Å². The Morgan fingerprint density at radius 1 is 0.476 bits per heavy atom. The van der Waals surface area contributed by atoms with Crippen molar-refractivity contribution >= 4 is 141 Å². The van der Waals surface area contributed by atoms with Crippen molar-refractivity contribution < 1.29 is 120 Å². The fourth-order valence-electron chi connectivity index (χ4n) is 0. The molecule has 0 amide bonds. The van der Waals surface area contributed by atoms with E-state index >= 15 is 0 Å². The van der Waals surface area contributed by atoms with Crippen LogP contribution in [0.5, 0.6) is 0 Å². The van der Waals surface area contributed by atoms with Crippen LogP contribution in [-0.4, -0.2) is 163 Å². The van der Waals surface area contributed by atoms with Crippen LogP contribution in [0, 0.1) is 0 Å². The van der Waals surface area contributed by atoms with Crippen molar-refractivity contribution in [3.63, 3.8) is 0 Å². The van der Waals surface area contributed by atoms with E-state index < -0.39 is 31.2 Å². The molecule has 0 aliphatic rings. The van der Waals surface area contributed by atoms with Gasteiger partial charge in [0.25, 0.3) is 0 Å². The van der Waals surface area contributed by atoms with Crippen molar-refractivity contribution in [1.82, 2.24) is 0 Å². The van der Waals surface area contributed by atoms with Gasteiger partial charge in [0.2, 0.25) is 0 Å². The summed E-state index contributed by atoms with van der Waals surface area (Å²) in [5.41, 5.74) is 0. The fraction of sp³-hybridized carbons (Fsp3) is 0. The summed E-state index contributed by atoms with van der Waals surface area (Å²) in [4.78, 5) is 0. The maximum absolute atomic E-state index is 8.52. The molecule has 0 bridgehead atoms. The Morgan fingerprint density at radius 2 is 0.476 bits per heavy atom. The molecule has 12 nitrogen and oxygen atoms in total. The molecule has 0 saturated heterocycles. The van der Waals surface area contributed by atoms with Crippen molar-refractivity contribution in [3.05, 3.63) is 0 Å². The average Bonchev–Trinajstić information content (AvgIpc) is 1.41. The van der Waals surface area contributed by atoms with Gasteiger partial charge in [-0.05, 0) is 0 Å². The molecule has 108 valence electrons. The molecule has 0 heterocycles. The summed E-state index contributed by atoms with van der Waals surface area (Å²) >= 11 is 0. The van der Waals surface area contributed by atoms with E-state index in [-0.39, 0.29) is 178 Å². The predicted molar refractivity (Wildman–Crippen MR) is 61.1 cm³/mol. The molecule has 0 radical (unpaired) electrons. The minimum absolute atomic E-state index is 0. The smallest absolute Gasteiger partial charge is 1.00 e.